The van der Waals surface area contributed by atoms with Gasteiger partial charge in [0.05, 0.1) is 0 Å². The average molecular weight is 382 g/mol. The van der Waals surface area contributed by atoms with E-state index in [4.69, 9.17) is 4.74 Å². The summed E-state index contributed by atoms with van der Waals surface area (Å²) in [7, 11) is 0. The van der Waals surface area contributed by atoms with Crippen molar-refractivity contribution in [1.29, 1.82) is 0 Å². The molecule has 0 saturated heterocycles. The van der Waals surface area contributed by atoms with Gasteiger partial charge in [-0.2, -0.15) is 0 Å². The van der Waals surface area contributed by atoms with E-state index < -0.39 is 6.23 Å². The summed E-state index contributed by atoms with van der Waals surface area (Å²) in [6.07, 6.45) is 1.56. The van der Waals surface area contributed by atoms with Crippen molar-refractivity contribution in [3.8, 4) is 5.75 Å². The van der Waals surface area contributed by atoms with E-state index in [1.165, 1.54) is 5.56 Å². The van der Waals surface area contributed by atoms with Gasteiger partial charge in [-0.05, 0) is 29.5 Å². The van der Waals surface area contributed by atoms with Gasteiger partial charge in [0.1, 0.15) is 5.75 Å². The first-order valence-corrected chi connectivity index (χ1v) is 10.4. The van der Waals surface area contributed by atoms with E-state index in [0.29, 0.717) is 6.54 Å². The number of carbonyl (C=O) groups excluding carboxylic acids is 1. The second kappa shape index (κ2) is 9.77. The quantitative estimate of drug-likeness (QED) is 0.499. The van der Waals surface area contributed by atoms with Gasteiger partial charge in [-0.3, -0.25) is 4.79 Å². The predicted octanol–water partition coefficient (Wildman–Crippen LogP) is 6.35. The lowest BCUT2D eigenvalue weighted by atomic mass is 9.87. The Labute approximate surface area is 170 Å². The lowest BCUT2D eigenvalue weighted by Crippen LogP contribution is -2.40. The minimum Gasteiger partial charge on any atom is -0.466 e. The van der Waals surface area contributed by atoms with Crippen molar-refractivity contribution in [2.24, 2.45) is 5.92 Å². The number of amides is 1. The van der Waals surface area contributed by atoms with Crippen LogP contribution in [0.15, 0.2) is 54.6 Å². The third-order valence-electron chi connectivity index (χ3n) is 4.87. The molecule has 0 fully saturated rings. The number of nitrogens with zero attached hydrogens (tertiary/aromatic N) is 1. The molecule has 152 valence electrons. The second-order valence-electron chi connectivity index (χ2n) is 8.70. The fraction of sp³-hybridized carbons (Fsp3) is 0.480. The van der Waals surface area contributed by atoms with Crippen LogP contribution < -0.4 is 4.74 Å². The highest BCUT2D eigenvalue weighted by atomic mass is 16.5. The molecule has 28 heavy (non-hydrogen) atoms. The Morgan fingerprint density at radius 2 is 1.61 bits per heavy atom. The van der Waals surface area contributed by atoms with E-state index in [1.807, 2.05) is 61.2 Å². The molecular formula is C25H35NO2. The topological polar surface area (TPSA) is 29.5 Å². The molecule has 1 amide bonds. The lowest BCUT2D eigenvalue weighted by molar-refractivity contribution is -0.143. The molecule has 3 heteroatoms. The van der Waals surface area contributed by atoms with Gasteiger partial charge in [0, 0.05) is 18.0 Å². The van der Waals surface area contributed by atoms with E-state index in [9.17, 15) is 4.79 Å². The van der Waals surface area contributed by atoms with Crippen LogP contribution in [0.4, 0.5) is 0 Å². The molecule has 0 radical (unpaired) electrons. The number of rotatable bonds is 8. The van der Waals surface area contributed by atoms with Crippen LogP contribution in [0.3, 0.4) is 0 Å². The van der Waals surface area contributed by atoms with Crippen LogP contribution in [0.25, 0.3) is 0 Å². The first kappa shape index (κ1) is 22.0. The highest BCUT2D eigenvalue weighted by Crippen LogP contribution is 2.29. The molecule has 3 nitrogen and oxygen atoms in total. The number of hydrogen-bond acceptors (Lipinski definition) is 2. The number of carbonyl (C=O) groups is 1. The smallest absolute Gasteiger partial charge is 0.228 e. The van der Waals surface area contributed by atoms with Crippen molar-refractivity contribution in [3.05, 3.63) is 65.7 Å². The van der Waals surface area contributed by atoms with Gasteiger partial charge >= 0.3 is 0 Å². The van der Waals surface area contributed by atoms with Crippen molar-refractivity contribution in [3.63, 3.8) is 0 Å². The maximum absolute atomic E-state index is 13.0. The summed E-state index contributed by atoms with van der Waals surface area (Å²) in [6.45, 7) is 13.3. The molecule has 0 heterocycles. The molecule has 0 aromatic heterocycles. The zero-order valence-electron chi connectivity index (χ0n) is 18.2. The third kappa shape index (κ3) is 5.85. The standard InChI is InChI=1S/C25H35NO2/c1-7-8-18-26(23(27)19(2)3)24(20-12-10-9-11-13-20)28-22-16-14-21(15-17-22)25(4,5)6/h9-17,19,24H,7-8,18H2,1-6H3. The largest absolute Gasteiger partial charge is 0.466 e. The van der Waals surface area contributed by atoms with Crippen LogP contribution in [-0.4, -0.2) is 17.4 Å². The Balaban J connectivity index is 2.37. The average Bonchev–Trinajstić information content (AvgIpc) is 2.67. The molecular weight excluding hydrogens is 346 g/mol. The van der Waals surface area contributed by atoms with E-state index in [1.54, 1.807) is 0 Å². The van der Waals surface area contributed by atoms with Crippen LogP contribution in [-0.2, 0) is 10.2 Å². The molecule has 1 unspecified atom stereocenters. The van der Waals surface area contributed by atoms with E-state index >= 15 is 0 Å². The molecule has 0 N–H and O–H groups in total. The molecule has 0 aliphatic carbocycles. The van der Waals surface area contributed by atoms with Gasteiger partial charge < -0.3 is 9.64 Å². The molecule has 2 aromatic rings. The summed E-state index contributed by atoms with van der Waals surface area (Å²) in [4.78, 5) is 14.9. The second-order valence-corrected chi connectivity index (χ2v) is 8.70. The molecule has 0 bridgehead atoms. The SMILES string of the molecule is CCCCN(C(=O)C(C)C)C(Oc1ccc(C(C)(C)C)cc1)c1ccccc1. The zero-order chi connectivity index (χ0) is 20.7. The summed E-state index contributed by atoms with van der Waals surface area (Å²) < 4.78 is 6.40. The third-order valence-corrected chi connectivity index (χ3v) is 4.87. The fourth-order valence-electron chi connectivity index (χ4n) is 3.09. The molecule has 2 aromatic carbocycles. The Morgan fingerprint density at radius 3 is 2.11 bits per heavy atom. The Hall–Kier alpha value is -2.29. The van der Waals surface area contributed by atoms with Gasteiger partial charge in [-0.1, -0.05) is 90.4 Å². The fourth-order valence-corrected chi connectivity index (χ4v) is 3.09. The van der Waals surface area contributed by atoms with Gasteiger partial charge in [-0.25, -0.2) is 0 Å². The van der Waals surface area contributed by atoms with Gasteiger partial charge in [0.2, 0.25) is 12.1 Å². The van der Waals surface area contributed by atoms with E-state index in [-0.39, 0.29) is 17.2 Å². The molecule has 2 rings (SSSR count). The highest BCUT2D eigenvalue weighted by Gasteiger charge is 2.28. The monoisotopic (exact) mass is 381 g/mol. The Kier molecular flexibility index (Phi) is 7.68. The Morgan fingerprint density at radius 1 is 1.00 bits per heavy atom. The minimum absolute atomic E-state index is 0.0741. The number of ether oxygens (including phenoxy) is 1. The normalized spacial score (nSPS) is 12.7. The molecule has 1 atom stereocenters. The first-order valence-electron chi connectivity index (χ1n) is 10.4. The van der Waals surface area contributed by atoms with Crippen molar-refractivity contribution in [1.82, 2.24) is 4.90 Å². The summed E-state index contributed by atoms with van der Waals surface area (Å²) in [5.74, 6) is 0.823. The van der Waals surface area contributed by atoms with Crippen LogP contribution in [0.1, 0.15) is 71.7 Å². The lowest BCUT2D eigenvalue weighted by Gasteiger charge is -2.33. The summed E-state index contributed by atoms with van der Waals surface area (Å²) in [6, 6.07) is 18.3. The predicted molar refractivity (Wildman–Crippen MR) is 116 cm³/mol. The maximum Gasteiger partial charge on any atom is 0.228 e. The van der Waals surface area contributed by atoms with Crippen molar-refractivity contribution < 1.29 is 9.53 Å². The van der Waals surface area contributed by atoms with Gasteiger partial charge in [-0.15, -0.1) is 0 Å². The van der Waals surface area contributed by atoms with Crippen molar-refractivity contribution in [2.75, 3.05) is 6.54 Å². The van der Waals surface area contributed by atoms with Crippen LogP contribution in [0.5, 0.6) is 5.75 Å². The van der Waals surface area contributed by atoms with Crippen molar-refractivity contribution >= 4 is 5.91 Å². The highest BCUT2D eigenvalue weighted by molar-refractivity contribution is 5.78. The molecule has 0 aliphatic heterocycles. The van der Waals surface area contributed by atoms with Crippen LogP contribution in [0.2, 0.25) is 0 Å². The Bertz CT molecular complexity index is 729. The van der Waals surface area contributed by atoms with Gasteiger partial charge in [0.25, 0.3) is 0 Å². The summed E-state index contributed by atoms with van der Waals surface area (Å²) in [5.41, 5.74) is 2.35. The molecule has 0 aliphatic rings. The summed E-state index contributed by atoms with van der Waals surface area (Å²) in [5, 5.41) is 0. The van der Waals surface area contributed by atoms with Crippen molar-refractivity contribution in [2.45, 2.75) is 66.0 Å². The van der Waals surface area contributed by atoms with E-state index in [2.05, 4.69) is 39.8 Å². The van der Waals surface area contributed by atoms with Gasteiger partial charge in [0.15, 0.2) is 0 Å². The molecule has 0 saturated carbocycles. The first-order chi connectivity index (χ1) is 13.2. The van der Waals surface area contributed by atoms with Crippen LogP contribution >= 0.6 is 0 Å². The van der Waals surface area contributed by atoms with E-state index in [0.717, 1.165) is 24.2 Å². The maximum atomic E-state index is 13.0. The summed E-state index contributed by atoms with van der Waals surface area (Å²) >= 11 is 0. The molecule has 0 spiro atoms. The number of benzene rings is 2. The van der Waals surface area contributed by atoms with Crippen LogP contribution in [0, 0.1) is 5.92 Å². The minimum atomic E-state index is -0.428. The zero-order valence-corrected chi connectivity index (χ0v) is 18.2. The number of unbranched alkanes of at least 4 members (excludes halogenated alkanes) is 1. The number of hydrogen-bond donors (Lipinski definition) is 0.